The van der Waals surface area contributed by atoms with E-state index in [4.69, 9.17) is 0 Å². The summed E-state index contributed by atoms with van der Waals surface area (Å²) in [6.45, 7) is 0. The number of alkyl halides is 18. The fraction of sp³-hybridized carbons (Fsp3) is 0.212. The van der Waals surface area contributed by atoms with Gasteiger partial charge < -0.3 is 0 Å². The molecular weight excluding hydrogens is 931 g/mol. The van der Waals surface area contributed by atoms with Crippen LogP contribution in [-0.4, -0.2) is 17.8 Å². The van der Waals surface area contributed by atoms with Crippen LogP contribution >= 0.6 is 68.0 Å². The maximum Gasteiger partial charge on any atom is 0.425 e. The molecule has 24 heteroatoms. The third-order valence-electron chi connectivity index (χ3n) is 8.14. The number of halogens is 18. The SMILES string of the molecule is FC(F)(F)c1ccc(-c2cc(C3=C(c4cc(-c5ccc(C(F)(F)F)s5)sc4-c4ccc(C(F)(F)F)s4)C(F)(F)C(F)(F)C3(F)F)c(-c3ccc(C(F)(F)F)s3)s2)s1. The normalized spacial score (nSPS) is 17.3. The zero-order valence-corrected chi connectivity index (χ0v) is 31.4. The van der Waals surface area contributed by atoms with Gasteiger partial charge in [-0.3, -0.25) is 0 Å². The number of rotatable bonds is 6. The van der Waals surface area contributed by atoms with Crippen LogP contribution in [0.4, 0.5) is 79.0 Å². The van der Waals surface area contributed by atoms with E-state index in [9.17, 15) is 52.7 Å². The Balaban J connectivity index is 1.57. The highest BCUT2D eigenvalue weighted by molar-refractivity contribution is 7.27. The molecule has 304 valence electrons. The van der Waals surface area contributed by atoms with Gasteiger partial charge in [-0.2, -0.15) is 79.0 Å². The molecule has 0 atom stereocenters. The van der Waals surface area contributed by atoms with Crippen molar-refractivity contribution in [1.82, 2.24) is 0 Å². The first kappa shape index (κ1) is 41.8. The Labute approximate surface area is 329 Å². The second kappa shape index (κ2) is 13.3. The second-order valence-corrected chi connectivity index (χ2v) is 18.3. The fourth-order valence-electron chi connectivity index (χ4n) is 5.66. The third kappa shape index (κ3) is 7.04. The maximum absolute atomic E-state index is 16.3. The zero-order valence-electron chi connectivity index (χ0n) is 26.5. The Hall–Kier alpha value is -3.32. The van der Waals surface area contributed by atoms with Gasteiger partial charge in [0.2, 0.25) is 0 Å². The minimum absolute atomic E-state index is 0.00859. The van der Waals surface area contributed by atoms with E-state index in [1.165, 1.54) is 0 Å². The first-order valence-electron chi connectivity index (χ1n) is 14.9. The molecule has 6 aromatic rings. The molecule has 0 fully saturated rings. The topological polar surface area (TPSA) is 0 Å². The van der Waals surface area contributed by atoms with E-state index >= 15 is 26.3 Å². The molecule has 0 radical (unpaired) electrons. The second-order valence-electron chi connectivity index (χ2n) is 11.8. The van der Waals surface area contributed by atoms with Gasteiger partial charge in [0.15, 0.2) is 0 Å². The summed E-state index contributed by atoms with van der Waals surface area (Å²) in [4.78, 5) is -9.71. The Kier molecular flexibility index (Phi) is 9.79. The van der Waals surface area contributed by atoms with Crippen molar-refractivity contribution < 1.29 is 79.0 Å². The van der Waals surface area contributed by atoms with Gasteiger partial charge in [0.1, 0.15) is 19.5 Å². The van der Waals surface area contributed by atoms with Gasteiger partial charge >= 0.3 is 42.5 Å². The minimum Gasteiger partial charge on any atom is -0.194 e. The molecule has 6 heterocycles. The van der Waals surface area contributed by atoms with Gasteiger partial charge in [-0.05, 0) is 60.7 Å². The quantitative estimate of drug-likeness (QED) is 0.146. The molecule has 0 spiro atoms. The lowest BCUT2D eigenvalue weighted by Gasteiger charge is -2.25. The van der Waals surface area contributed by atoms with E-state index in [0.717, 1.165) is 12.1 Å². The largest absolute Gasteiger partial charge is 0.425 e. The highest BCUT2D eigenvalue weighted by atomic mass is 32.1. The number of hydrogen-bond donors (Lipinski definition) is 0. The van der Waals surface area contributed by atoms with Gasteiger partial charge in [-0.25, -0.2) is 0 Å². The summed E-state index contributed by atoms with van der Waals surface area (Å²) in [6, 6.07) is 6.08. The van der Waals surface area contributed by atoms with Crippen LogP contribution in [-0.2, 0) is 24.7 Å². The molecule has 0 saturated heterocycles. The molecule has 7 rings (SSSR count). The zero-order chi connectivity index (χ0) is 42.1. The molecule has 1 aliphatic carbocycles. The van der Waals surface area contributed by atoms with E-state index in [1.807, 2.05) is 0 Å². The van der Waals surface area contributed by atoms with Gasteiger partial charge in [0.25, 0.3) is 0 Å². The average molecular weight is 941 g/mol. The molecule has 0 amide bonds. The van der Waals surface area contributed by atoms with E-state index in [-0.39, 0.29) is 77.8 Å². The highest BCUT2D eigenvalue weighted by Gasteiger charge is 2.80. The monoisotopic (exact) mass is 940 g/mol. The molecule has 1 aliphatic rings. The van der Waals surface area contributed by atoms with Gasteiger partial charge in [0.05, 0.1) is 9.75 Å². The molecule has 6 aromatic heterocycles. The standard InChI is InChI=1S/C33H10F18S6/c34-27(35)23(11-9-17(13-1-5-19(52-13)29(38,39)40)56-25(11)15-3-7-21(54-15)31(44,45)46)24(28(36,37)33(27,50)51)12-10-18(14-2-6-20(53-14)30(41,42)43)57-26(12)16-4-8-22(55-16)32(47,48)49/h1-10H. The lowest BCUT2D eigenvalue weighted by Crippen LogP contribution is -2.48. The van der Waals surface area contributed by atoms with Crippen LogP contribution in [0, 0.1) is 0 Å². The predicted molar refractivity (Wildman–Crippen MR) is 184 cm³/mol. The van der Waals surface area contributed by atoms with Crippen molar-refractivity contribution in [2.45, 2.75) is 42.5 Å². The minimum atomic E-state index is -6.36. The maximum atomic E-state index is 16.3. The van der Waals surface area contributed by atoms with Gasteiger partial charge in [-0.15, -0.1) is 68.0 Å². The summed E-state index contributed by atoms with van der Waals surface area (Å²) < 4.78 is 259. The van der Waals surface area contributed by atoms with Crippen LogP contribution in [0.2, 0.25) is 0 Å². The van der Waals surface area contributed by atoms with Crippen molar-refractivity contribution >= 4 is 79.2 Å². The Morgan fingerprint density at radius 2 is 0.596 bits per heavy atom. The van der Waals surface area contributed by atoms with E-state index in [2.05, 4.69) is 0 Å². The highest BCUT2D eigenvalue weighted by Crippen LogP contribution is 2.68. The summed E-state index contributed by atoms with van der Waals surface area (Å²) in [5.41, 5.74) is -6.96. The molecule has 0 N–H and O–H groups in total. The molecule has 0 unspecified atom stereocenters. The first-order valence-corrected chi connectivity index (χ1v) is 19.8. The van der Waals surface area contributed by atoms with Crippen molar-refractivity contribution in [1.29, 1.82) is 0 Å². The molecule has 0 aliphatic heterocycles. The van der Waals surface area contributed by atoms with Crippen LogP contribution in [0.3, 0.4) is 0 Å². The van der Waals surface area contributed by atoms with Gasteiger partial charge in [0, 0.05) is 51.5 Å². The summed E-state index contributed by atoms with van der Waals surface area (Å²) in [7, 11) is 0. The molecule has 57 heavy (non-hydrogen) atoms. The summed E-state index contributed by atoms with van der Waals surface area (Å²) >= 11 is 0.178. The number of thiophene rings is 6. The van der Waals surface area contributed by atoms with Crippen molar-refractivity contribution in [3.63, 3.8) is 0 Å². The van der Waals surface area contributed by atoms with Crippen LogP contribution in [0.5, 0.6) is 0 Å². The van der Waals surface area contributed by atoms with E-state index in [1.54, 1.807) is 0 Å². The third-order valence-corrected chi connectivity index (χ3v) is 15.7. The molecule has 0 bridgehead atoms. The Morgan fingerprint density at radius 3 is 0.860 bits per heavy atom. The van der Waals surface area contributed by atoms with Crippen LogP contribution < -0.4 is 0 Å². The van der Waals surface area contributed by atoms with Gasteiger partial charge in [-0.1, -0.05) is 0 Å². The van der Waals surface area contributed by atoms with Crippen molar-refractivity contribution in [3.8, 4) is 39.0 Å². The Morgan fingerprint density at radius 1 is 0.333 bits per heavy atom. The number of hydrogen-bond acceptors (Lipinski definition) is 6. The average Bonchev–Trinajstić information content (AvgIpc) is 3.91. The predicted octanol–water partition coefficient (Wildman–Crippen LogP) is 16.6. The van der Waals surface area contributed by atoms with Crippen LogP contribution in [0.1, 0.15) is 30.6 Å². The summed E-state index contributed by atoms with van der Waals surface area (Å²) in [5.74, 6) is -18.2. The lowest BCUT2D eigenvalue weighted by atomic mass is 9.94. The lowest BCUT2D eigenvalue weighted by molar-refractivity contribution is -0.254. The van der Waals surface area contributed by atoms with Crippen molar-refractivity contribution in [3.05, 3.63) is 91.3 Å². The van der Waals surface area contributed by atoms with Crippen LogP contribution in [0.15, 0.2) is 60.7 Å². The van der Waals surface area contributed by atoms with Crippen molar-refractivity contribution in [2.24, 2.45) is 0 Å². The fourth-order valence-corrected chi connectivity index (χ4v) is 11.9. The molecule has 0 aromatic carbocycles. The smallest absolute Gasteiger partial charge is 0.194 e. The molecular formula is C33H10F18S6. The molecule has 0 nitrogen and oxygen atoms in total. The summed E-state index contributed by atoms with van der Waals surface area (Å²) in [5, 5.41) is 0. The Bertz CT molecular complexity index is 2340. The van der Waals surface area contributed by atoms with E-state index in [0.29, 0.717) is 48.5 Å². The number of allylic oxidation sites excluding steroid dienone is 2. The molecule has 0 saturated carbocycles. The summed E-state index contributed by atoms with van der Waals surface area (Å²) in [6.07, 6.45) is -20.0. The van der Waals surface area contributed by atoms with E-state index < -0.39 is 114 Å². The first-order chi connectivity index (χ1) is 26.0. The van der Waals surface area contributed by atoms with Crippen LogP contribution in [0.25, 0.3) is 50.2 Å². The van der Waals surface area contributed by atoms with Crippen molar-refractivity contribution in [2.75, 3.05) is 0 Å².